The predicted molar refractivity (Wildman–Crippen MR) is 201 cm³/mol. The number of aromatic hydroxyl groups is 1. The number of halogens is 2. The van der Waals surface area contributed by atoms with Crippen molar-refractivity contribution >= 4 is 39.5 Å². The van der Waals surface area contributed by atoms with Gasteiger partial charge in [-0.05, 0) is 133 Å². The molecule has 1 heterocycles. The first-order chi connectivity index (χ1) is 21.2. The molecule has 258 valence electrons. The number of allylic oxidation sites excluding steroid dienone is 4. The number of phenols is 1. The second-order valence-corrected chi connectivity index (χ2v) is 15.4. The van der Waals surface area contributed by atoms with Crippen molar-refractivity contribution < 1.29 is 34.5 Å². The molecule has 7 heteroatoms. The van der Waals surface area contributed by atoms with Gasteiger partial charge in [-0.3, -0.25) is 0 Å². The molecule has 1 saturated heterocycles. The molecule has 2 unspecified atom stereocenters. The monoisotopic (exact) mass is 936 g/mol. The van der Waals surface area contributed by atoms with Crippen LogP contribution in [-0.2, 0) is 29.4 Å². The summed E-state index contributed by atoms with van der Waals surface area (Å²) in [5.41, 5.74) is 4.58. The number of fused-ring (bicyclic) bond motifs is 1. The minimum Gasteiger partial charge on any atom is -0.508 e. The van der Waals surface area contributed by atoms with Gasteiger partial charge in [-0.15, -0.1) is 0 Å². The topological polar surface area (TPSA) is 38.7 Å². The van der Waals surface area contributed by atoms with Crippen LogP contribution in [0.2, 0.25) is 0 Å². The molecule has 0 amide bonds. The van der Waals surface area contributed by atoms with E-state index in [1.54, 1.807) is 37.8 Å². The van der Waals surface area contributed by atoms with E-state index in [1.165, 1.54) is 85.6 Å². The Morgan fingerprint density at radius 3 is 1.46 bits per heavy atom. The van der Waals surface area contributed by atoms with Crippen LogP contribution in [0.3, 0.4) is 0 Å². The predicted octanol–water partition coefficient (Wildman–Crippen LogP) is 12.6. The number of rotatable bonds is 0. The zero-order chi connectivity index (χ0) is 33.5. The van der Waals surface area contributed by atoms with Crippen LogP contribution in [0.15, 0.2) is 63.6 Å². The molecule has 0 bridgehead atoms. The summed E-state index contributed by atoms with van der Waals surface area (Å²) in [4.78, 5) is 0. The van der Waals surface area contributed by atoms with Gasteiger partial charge in [-0.1, -0.05) is 113 Å². The van der Waals surface area contributed by atoms with E-state index in [-0.39, 0.29) is 31.3 Å². The zero-order valence-electron chi connectivity index (χ0n) is 29.6. The third-order valence-corrected chi connectivity index (χ3v) is 11.5. The van der Waals surface area contributed by atoms with Gasteiger partial charge in [0.1, 0.15) is 5.75 Å². The van der Waals surface area contributed by atoms with Crippen molar-refractivity contribution in [1.82, 2.24) is 0 Å². The molecule has 2 saturated carbocycles. The molecule has 1 N–H and O–H groups in total. The fourth-order valence-corrected chi connectivity index (χ4v) is 6.62. The Morgan fingerprint density at radius 2 is 1.09 bits per heavy atom. The van der Waals surface area contributed by atoms with Crippen molar-refractivity contribution in [3.8, 4) is 5.75 Å². The molecule has 3 aliphatic carbocycles. The van der Waals surface area contributed by atoms with Gasteiger partial charge in [0, 0.05) is 29.1 Å². The van der Waals surface area contributed by atoms with E-state index in [9.17, 15) is 0 Å². The molecular weight excluding hydrogens is 879 g/mol. The van der Waals surface area contributed by atoms with E-state index in [1.807, 2.05) is 47.6 Å². The van der Waals surface area contributed by atoms with E-state index in [2.05, 4.69) is 82.1 Å². The van der Waals surface area contributed by atoms with Crippen LogP contribution in [0.5, 0.6) is 5.75 Å². The summed E-state index contributed by atoms with van der Waals surface area (Å²) in [7, 11) is 1.42. The summed E-state index contributed by atoms with van der Waals surface area (Å²) in [6.45, 7) is 16.2. The minimum absolute atomic E-state index is 0. The van der Waals surface area contributed by atoms with Crippen LogP contribution in [-0.4, -0.2) is 24.0 Å². The van der Waals surface area contributed by atoms with Gasteiger partial charge in [0.25, 0.3) is 0 Å². The molecular formula is C39H58BBr2IrO3. The van der Waals surface area contributed by atoms with Crippen LogP contribution in [0.1, 0.15) is 121 Å². The van der Waals surface area contributed by atoms with Gasteiger partial charge in [-0.25, -0.2) is 0 Å². The van der Waals surface area contributed by atoms with Crippen molar-refractivity contribution in [3.05, 3.63) is 85.8 Å². The molecule has 0 spiro atoms. The van der Waals surface area contributed by atoms with E-state index in [0.29, 0.717) is 5.75 Å². The Kier molecular flexibility index (Phi) is 20.8. The maximum Gasteiger partial charge on any atom is 0.488 e. The van der Waals surface area contributed by atoms with Crippen LogP contribution in [0.25, 0.3) is 0 Å². The normalized spacial score (nSPS) is 22.4. The molecule has 3 nitrogen and oxygen atoms in total. The second-order valence-electron chi connectivity index (χ2n) is 13.7. The molecule has 1 aliphatic heterocycles. The van der Waals surface area contributed by atoms with Crippen molar-refractivity contribution in [2.45, 2.75) is 137 Å². The van der Waals surface area contributed by atoms with Crippen LogP contribution in [0.4, 0.5) is 0 Å². The smallest absolute Gasteiger partial charge is 0.488 e. The van der Waals surface area contributed by atoms with Gasteiger partial charge >= 0.3 is 7.69 Å². The van der Waals surface area contributed by atoms with E-state index in [4.69, 9.17) is 14.4 Å². The maximum absolute atomic E-state index is 9.09. The van der Waals surface area contributed by atoms with Crippen LogP contribution >= 0.6 is 31.9 Å². The summed E-state index contributed by atoms with van der Waals surface area (Å²) >= 11 is 6.78. The number of benzene rings is 2. The Balaban J connectivity index is 0.000000286. The first kappa shape index (κ1) is 43.3. The Bertz CT molecular complexity index is 1130. The first-order valence-electron chi connectivity index (χ1n) is 16.9. The van der Waals surface area contributed by atoms with Gasteiger partial charge in [0.15, 0.2) is 0 Å². The van der Waals surface area contributed by atoms with E-state index >= 15 is 0 Å². The SMILES string of the molecule is C1=CCC/C=C\CC1.C1CCC2CCCC2C1.CC1(C)O[B]OC1(C)C.Cc1cc(O)cc(Br)c1C.Cc1cccc(Br)c1C.[Ir]. The second kappa shape index (κ2) is 22.1. The third kappa shape index (κ3) is 15.2. The van der Waals surface area contributed by atoms with Crippen molar-refractivity contribution in [3.63, 3.8) is 0 Å². The van der Waals surface area contributed by atoms with Gasteiger partial charge in [0.2, 0.25) is 0 Å². The van der Waals surface area contributed by atoms with Gasteiger partial charge < -0.3 is 14.4 Å². The average molecular weight is 938 g/mol. The Labute approximate surface area is 312 Å². The summed E-state index contributed by atoms with van der Waals surface area (Å²) in [5, 5.41) is 9.09. The third-order valence-electron chi connectivity index (χ3n) is 9.81. The first-order valence-corrected chi connectivity index (χ1v) is 18.5. The van der Waals surface area contributed by atoms with Crippen molar-refractivity contribution in [1.29, 1.82) is 0 Å². The Hall–Kier alpha value is -0.686. The van der Waals surface area contributed by atoms with E-state index in [0.717, 1.165) is 10.0 Å². The van der Waals surface area contributed by atoms with E-state index < -0.39 is 0 Å². The minimum atomic E-state index is -0.188. The molecule has 2 aromatic rings. The summed E-state index contributed by atoms with van der Waals surface area (Å²) in [6, 6.07) is 9.66. The number of phenolic OH excluding ortho intramolecular Hbond substituents is 1. The summed E-state index contributed by atoms with van der Waals surface area (Å²) < 4.78 is 12.6. The molecule has 2 atom stereocenters. The molecule has 46 heavy (non-hydrogen) atoms. The fraction of sp³-hybridized carbons (Fsp3) is 0.590. The quantitative estimate of drug-likeness (QED) is 0.211. The molecule has 0 aromatic heterocycles. The molecule has 4 aliphatic rings. The summed E-state index contributed by atoms with van der Waals surface area (Å²) in [6.07, 6.45) is 24.8. The van der Waals surface area contributed by atoms with Crippen molar-refractivity contribution in [2.75, 3.05) is 0 Å². The van der Waals surface area contributed by atoms with Gasteiger partial charge in [0.05, 0.1) is 11.2 Å². The molecule has 2 radical (unpaired) electrons. The molecule has 3 fully saturated rings. The number of hydrogen-bond acceptors (Lipinski definition) is 3. The van der Waals surface area contributed by atoms with Gasteiger partial charge in [-0.2, -0.15) is 0 Å². The number of aryl methyl sites for hydroxylation is 2. The van der Waals surface area contributed by atoms with Crippen LogP contribution in [0, 0.1) is 39.5 Å². The molecule has 2 aromatic carbocycles. The maximum atomic E-state index is 9.09. The molecule has 6 rings (SSSR count). The fourth-order valence-electron chi connectivity index (χ4n) is 5.60. The van der Waals surface area contributed by atoms with Crippen molar-refractivity contribution in [2.24, 2.45) is 11.8 Å². The summed E-state index contributed by atoms with van der Waals surface area (Å²) in [5.74, 6) is 2.65. The van der Waals surface area contributed by atoms with Crippen LogP contribution < -0.4 is 0 Å². The standard InChI is InChI=1S/C9H16.C8H9BrO.C8H9Br.C8H12.C6H12BO2.Ir/c1-2-5-9-7-3-6-8(9)4-1;1-5-3-7(10)4-8(9)6(5)2;1-6-4-3-5-8(9)7(6)2;1-2-4-6-8-7-5-3-1;1-5(2)6(3,4)9-7-8-5;/h8-9H,1-7H2;3-4,10H,1-2H3;3-5H,1-2H3;1-2,7-8H,3-6H2;1-4H3;/b;;;2-1-,8-7?;;. The average Bonchev–Trinajstić information content (AvgIpc) is 3.54. The zero-order valence-corrected chi connectivity index (χ0v) is 35.1. The largest absolute Gasteiger partial charge is 0.508 e. The number of hydrogen-bond donors (Lipinski definition) is 1. The Morgan fingerprint density at radius 1 is 0.652 bits per heavy atom.